The summed E-state index contributed by atoms with van der Waals surface area (Å²) in [6.45, 7) is 0. The fraction of sp³-hybridized carbons (Fsp3) is 0.333. The molecule has 0 radical (unpaired) electrons. The molecule has 0 bridgehead atoms. The molecular weight excluding hydrogens is 238 g/mol. The van der Waals surface area contributed by atoms with Gasteiger partial charge in [0.1, 0.15) is 5.41 Å². The number of nitriles is 1. The van der Waals surface area contributed by atoms with E-state index in [2.05, 4.69) is 0 Å². The van der Waals surface area contributed by atoms with E-state index in [0.717, 1.165) is 6.26 Å². The Morgan fingerprint density at radius 3 is 2.18 bits per heavy atom. The highest BCUT2D eigenvalue weighted by Gasteiger charge is 2.50. The molecule has 0 saturated heterocycles. The third-order valence-corrected chi connectivity index (χ3v) is 4.07. The molecule has 0 N–H and O–H groups in total. The SMILES string of the molecule is CS(=O)(=O)c1ccc(C(=O)C2(C#N)CC2)cc1. The molecule has 5 heteroatoms. The van der Waals surface area contributed by atoms with Gasteiger partial charge in [0.2, 0.25) is 0 Å². The predicted molar refractivity (Wildman–Crippen MR) is 61.2 cm³/mol. The summed E-state index contributed by atoms with van der Waals surface area (Å²) >= 11 is 0. The zero-order valence-corrected chi connectivity index (χ0v) is 10.1. The summed E-state index contributed by atoms with van der Waals surface area (Å²) in [6.07, 6.45) is 2.30. The molecule has 1 aliphatic carbocycles. The Labute approximate surface area is 99.8 Å². The van der Waals surface area contributed by atoms with Crippen molar-refractivity contribution in [1.82, 2.24) is 0 Å². The zero-order chi connectivity index (χ0) is 12.7. The van der Waals surface area contributed by atoms with Gasteiger partial charge in [-0.1, -0.05) is 12.1 Å². The molecule has 0 amide bonds. The van der Waals surface area contributed by atoms with E-state index in [1.807, 2.05) is 6.07 Å². The van der Waals surface area contributed by atoms with E-state index in [1.54, 1.807) is 0 Å². The van der Waals surface area contributed by atoms with E-state index >= 15 is 0 Å². The van der Waals surface area contributed by atoms with Crippen molar-refractivity contribution in [1.29, 1.82) is 5.26 Å². The zero-order valence-electron chi connectivity index (χ0n) is 9.30. The van der Waals surface area contributed by atoms with Crippen molar-refractivity contribution in [2.45, 2.75) is 17.7 Å². The van der Waals surface area contributed by atoms with E-state index < -0.39 is 15.3 Å². The lowest BCUT2D eigenvalue weighted by atomic mass is 9.96. The van der Waals surface area contributed by atoms with Gasteiger partial charge in [0.05, 0.1) is 11.0 Å². The first kappa shape index (κ1) is 11.8. The lowest BCUT2D eigenvalue weighted by molar-refractivity contribution is 0.0934. The molecular formula is C12H11NO3S. The lowest BCUT2D eigenvalue weighted by Gasteiger charge is -2.05. The molecule has 1 aromatic carbocycles. The molecule has 1 saturated carbocycles. The Hall–Kier alpha value is -1.67. The van der Waals surface area contributed by atoms with Gasteiger partial charge in [0.15, 0.2) is 15.6 Å². The van der Waals surface area contributed by atoms with Crippen molar-refractivity contribution in [2.75, 3.05) is 6.26 Å². The van der Waals surface area contributed by atoms with Crippen LogP contribution in [0.2, 0.25) is 0 Å². The number of hydrogen-bond acceptors (Lipinski definition) is 4. The smallest absolute Gasteiger partial charge is 0.183 e. The third-order valence-electron chi connectivity index (χ3n) is 2.94. The molecule has 0 atom stereocenters. The van der Waals surface area contributed by atoms with Crippen molar-refractivity contribution in [3.8, 4) is 6.07 Å². The summed E-state index contributed by atoms with van der Waals surface area (Å²) in [4.78, 5) is 12.1. The molecule has 0 aromatic heterocycles. The van der Waals surface area contributed by atoms with E-state index in [-0.39, 0.29) is 10.7 Å². The van der Waals surface area contributed by atoms with Gasteiger partial charge >= 0.3 is 0 Å². The monoisotopic (exact) mass is 249 g/mol. The van der Waals surface area contributed by atoms with Crippen molar-refractivity contribution >= 4 is 15.6 Å². The normalized spacial score (nSPS) is 17.2. The largest absolute Gasteiger partial charge is 0.292 e. The summed E-state index contributed by atoms with van der Waals surface area (Å²) in [7, 11) is -3.25. The van der Waals surface area contributed by atoms with Crippen LogP contribution in [0, 0.1) is 16.7 Å². The number of benzene rings is 1. The van der Waals surface area contributed by atoms with Crippen LogP contribution in [0.5, 0.6) is 0 Å². The van der Waals surface area contributed by atoms with Gasteiger partial charge in [0.25, 0.3) is 0 Å². The van der Waals surface area contributed by atoms with Crippen LogP contribution in [0.25, 0.3) is 0 Å². The molecule has 88 valence electrons. The summed E-state index contributed by atoms with van der Waals surface area (Å²) in [6, 6.07) is 7.76. The van der Waals surface area contributed by atoms with Gasteiger partial charge in [-0.25, -0.2) is 8.42 Å². The number of hydrogen-bond donors (Lipinski definition) is 0. The molecule has 0 aliphatic heterocycles. The topological polar surface area (TPSA) is 75.0 Å². The highest BCUT2D eigenvalue weighted by atomic mass is 32.2. The average Bonchev–Trinajstić information content (AvgIpc) is 3.08. The Balaban J connectivity index is 2.32. The van der Waals surface area contributed by atoms with Crippen LogP contribution in [0.1, 0.15) is 23.2 Å². The molecule has 17 heavy (non-hydrogen) atoms. The van der Waals surface area contributed by atoms with Crippen LogP contribution < -0.4 is 0 Å². The highest BCUT2D eigenvalue weighted by molar-refractivity contribution is 7.90. The first-order chi connectivity index (χ1) is 7.89. The number of sulfone groups is 1. The molecule has 0 heterocycles. The predicted octanol–water partition coefficient (Wildman–Crippen LogP) is 1.58. The van der Waals surface area contributed by atoms with Gasteiger partial charge in [-0.2, -0.15) is 5.26 Å². The maximum Gasteiger partial charge on any atom is 0.183 e. The second kappa shape index (κ2) is 3.67. The summed E-state index contributed by atoms with van der Waals surface area (Å²) in [5.74, 6) is -0.208. The minimum Gasteiger partial charge on any atom is -0.292 e. The highest BCUT2D eigenvalue weighted by Crippen LogP contribution is 2.47. The second-order valence-electron chi connectivity index (χ2n) is 4.32. The van der Waals surface area contributed by atoms with Gasteiger partial charge in [-0.15, -0.1) is 0 Å². The molecule has 4 nitrogen and oxygen atoms in total. The Morgan fingerprint density at radius 2 is 1.82 bits per heavy atom. The molecule has 2 rings (SSSR count). The molecule has 0 spiro atoms. The Morgan fingerprint density at radius 1 is 1.29 bits per heavy atom. The van der Waals surface area contributed by atoms with Crippen molar-refractivity contribution in [3.63, 3.8) is 0 Å². The van der Waals surface area contributed by atoms with E-state index in [4.69, 9.17) is 5.26 Å². The Kier molecular flexibility index (Phi) is 2.55. The van der Waals surface area contributed by atoms with Gasteiger partial charge < -0.3 is 0 Å². The van der Waals surface area contributed by atoms with Crippen molar-refractivity contribution in [3.05, 3.63) is 29.8 Å². The molecule has 1 aliphatic rings. The fourth-order valence-corrected chi connectivity index (χ4v) is 2.27. The van der Waals surface area contributed by atoms with Crippen LogP contribution in [-0.2, 0) is 9.84 Å². The quantitative estimate of drug-likeness (QED) is 0.762. The first-order valence-electron chi connectivity index (χ1n) is 5.15. The first-order valence-corrected chi connectivity index (χ1v) is 7.04. The van der Waals surface area contributed by atoms with E-state index in [0.29, 0.717) is 18.4 Å². The molecule has 0 unspecified atom stereocenters. The number of carbonyl (C=O) groups excluding carboxylic acids is 1. The van der Waals surface area contributed by atoms with Crippen LogP contribution in [0.15, 0.2) is 29.2 Å². The van der Waals surface area contributed by atoms with Crippen molar-refractivity contribution < 1.29 is 13.2 Å². The minimum absolute atomic E-state index is 0.177. The standard InChI is InChI=1S/C12H11NO3S/c1-17(15,16)10-4-2-9(3-5-10)11(14)12(8-13)6-7-12/h2-5H,6-7H2,1H3. The second-order valence-corrected chi connectivity index (χ2v) is 6.34. The summed E-state index contributed by atoms with van der Waals surface area (Å²) in [5.41, 5.74) is -0.455. The number of Topliss-reactive ketones (excluding diaryl/α,β-unsaturated/α-hetero) is 1. The van der Waals surface area contributed by atoms with Crippen LogP contribution in [-0.4, -0.2) is 20.5 Å². The van der Waals surface area contributed by atoms with Gasteiger partial charge in [-0.05, 0) is 25.0 Å². The molecule has 1 fully saturated rings. The average molecular weight is 249 g/mol. The van der Waals surface area contributed by atoms with Crippen LogP contribution >= 0.6 is 0 Å². The maximum absolute atomic E-state index is 11.9. The number of nitrogens with zero attached hydrogens (tertiary/aromatic N) is 1. The van der Waals surface area contributed by atoms with Gasteiger partial charge in [0, 0.05) is 11.8 Å². The van der Waals surface area contributed by atoms with Crippen LogP contribution in [0.3, 0.4) is 0 Å². The van der Waals surface area contributed by atoms with E-state index in [1.165, 1.54) is 24.3 Å². The van der Waals surface area contributed by atoms with E-state index in [9.17, 15) is 13.2 Å². The number of rotatable bonds is 3. The molecule has 1 aromatic rings. The lowest BCUT2D eigenvalue weighted by Crippen LogP contribution is -2.13. The van der Waals surface area contributed by atoms with Crippen LogP contribution in [0.4, 0.5) is 0 Å². The third kappa shape index (κ3) is 2.08. The minimum atomic E-state index is -3.25. The number of ketones is 1. The van der Waals surface area contributed by atoms with Crippen molar-refractivity contribution in [2.24, 2.45) is 5.41 Å². The number of carbonyl (C=O) groups is 1. The fourth-order valence-electron chi connectivity index (χ4n) is 1.64. The Bertz CT molecular complexity index is 604. The summed E-state index contributed by atoms with van der Waals surface area (Å²) < 4.78 is 22.5. The summed E-state index contributed by atoms with van der Waals surface area (Å²) in [5, 5.41) is 8.91. The maximum atomic E-state index is 11.9. The van der Waals surface area contributed by atoms with Gasteiger partial charge in [-0.3, -0.25) is 4.79 Å².